The highest BCUT2D eigenvalue weighted by Crippen LogP contribution is 2.57. The molecule has 0 bridgehead atoms. The smallest absolute Gasteiger partial charge is 0.0101 e. The fourth-order valence-electron chi connectivity index (χ4n) is 4.03. The summed E-state index contributed by atoms with van der Waals surface area (Å²) in [5.41, 5.74) is 0. The molecule has 3 rings (SSSR count). The van der Waals surface area contributed by atoms with Gasteiger partial charge in [0.15, 0.2) is 0 Å². The standard InChI is InChI=1S/C13H23N/c1-2-8-12(14-9-5-1)13-10-6-3-4-7-11(10)13/h10-14H,1-9H2. The van der Waals surface area contributed by atoms with Crippen molar-refractivity contribution in [2.24, 2.45) is 17.8 Å². The monoisotopic (exact) mass is 193 g/mol. The minimum atomic E-state index is 0.908. The summed E-state index contributed by atoms with van der Waals surface area (Å²) in [5, 5.41) is 3.80. The van der Waals surface area contributed by atoms with Crippen LogP contribution in [0.2, 0.25) is 0 Å². The molecule has 1 saturated heterocycles. The molecule has 1 aliphatic heterocycles. The van der Waals surface area contributed by atoms with Crippen LogP contribution in [0, 0.1) is 17.8 Å². The molecule has 3 aliphatic rings. The first-order valence-corrected chi connectivity index (χ1v) is 6.70. The molecule has 0 aromatic carbocycles. The van der Waals surface area contributed by atoms with Crippen molar-refractivity contribution in [1.29, 1.82) is 0 Å². The zero-order valence-electron chi connectivity index (χ0n) is 9.17. The third-order valence-electron chi connectivity index (χ3n) is 4.79. The van der Waals surface area contributed by atoms with E-state index in [-0.39, 0.29) is 0 Å². The molecular weight excluding hydrogens is 170 g/mol. The maximum absolute atomic E-state index is 3.80. The predicted molar refractivity (Wildman–Crippen MR) is 59.2 cm³/mol. The second-order valence-electron chi connectivity index (χ2n) is 5.60. The van der Waals surface area contributed by atoms with E-state index < -0.39 is 0 Å². The Bertz CT molecular complexity index is 181. The minimum absolute atomic E-state index is 0.908. The fraction of sp³-hybridized carbons (Fsp3) is 1.00. The van der Waals surface area contributed by atoms with E-state index in [1.807, 2.05) is 0 Å². The Balaban J connectivity index is 1.59. The van der Waals surface area contributed by atoms with Gasteiger partial charge in [0, 0.05) is 6.04 Å². The van der Waals surface area contributed by atoms with Crippen molar-refractivity contribution < 1.29 is 0 Å². The van der Waals surface area contributed by atoms with E-state index in [9.17, 15) is 0 Å². The summed E-state index contributed by atoms with van der Waals surface area (Å²) in [6.45, 7) is 1.29. The van der Waals surface area contributed by atoms with E-state index in [2.05, 4.69) is 5.32 Å². The molecule has 80 valence electrons. The van der Waals surface area contributed by atoms with Crippen LogP contribution in [0.4, 0.5) is 0 Å². The number of fused-ring (bicyclic) bond motifs is 1. The van der Waals surface area contributed by atoms with Crippen molar-refractivity contribution in [1.82, 2.24) is 5.32 Å². The maximum Gasteiger partial charge on any atom is 0.0101 e. The third kappa shape index (κ3) is 1.60. The van der Waals surface area contributed by atoms with Crippen LogP contribution >= 0.6 is 0 Å². The van der Waals surface area contributed by atoms with Gasteiger partial charge in [0.1, 0.15) is 0 Å². The Labute approximate surface area is 87.7 Å². The average molecular weight is 193 g/mol. The topological polar surface area (TPSA) is 12.0 Å². The second kappa shape index (κ2) is 3.84. The molecule has 2 aliphatic carbocycles. The van der Waals surface area contributed by atoms with Crippen molar-refractivity contribution in [3.63, 3.8) is 0 Å². The molecule has 14 heavy (non-hydrogen) atoms. The molecule has 3 unspecified atom stereocenters. The molecule has 1 heterocycles. The average Bonchev–Trinajstić information content (AvgIpc) is 2.97. The molecule has 0 aromatic rings. The molecule has 3 atom stereocenters. The van der Waals surface area contributed by atoms with Gasteiger partial charge < -0.3 is 5.32 Å². The van der Waals surface area contributed by atoms with Gasteiger partial charge in [0.25, 0.3) is 0 Å². The number of rotatable bonds is 1. The van der Waals surface area contributed by atoms with Crippen molar-refractivity contribution in [3.8, 4) is 0 Å². The zero-order chi connectivity index (χ0) is 9.38. The van der Waals surface area contributed by atoms with Gasteiger partial charge in [-0.2, -0.15) is 0 Å². The summed E-state index contributed by atoms with van der Waals surface area (Å²) < 4.78 is 0. The summed E-state index contributed by atoms with van der Waals surface area (Å²) in [6.07, 6.45) is 12.0. The van der Waals surface area contributed by atoms with E-state index >= 15 is 0 Å². The second-order valence-corrected chi connectivity index (χ2v) is 5.60. The van der Waals surface area contributed by atoms with E-state index in [0.29, 0.717) is 0 Å². The quantitative estimate of drug-likeness (QED) is 0.675. The van der Waals surface area contributed by atoms with Crippen LogP contribution in [0.3, 0.4) is 0 Å². The third-order valence-corrected chi connectivity index (χ3v) is 4.79. The normalized spacial score (nSPS) is 48.0. The highest BCUT2D eigenvalue weighted by atomic mass is 14.9. The van der Waals surface area contributed by atoms with Gasteiger partial charge in [-0.05, 0) is 50.0 Å². The number of nitrogens with one attached hydrogen (secondary N) is 1. The van der Waals surface area contributed by atoms with Crippen LogP contribution in [0.5, 0.6) is 0 Å². The van der Waals surface area contributed by atoms with Gasteiger partial charge in [-0.3, -0.25) is 0 Å². The molecule has 3 fully saturated rings. The van der Waals surface area contributed by atoms with Gasteiger partial charge in [-0.25, -0.2) is 0 Å². The highest BCUT2D eigenvalue weighted by molar-refractivity contribution is 5.04. The van der Waals surface area contributed by atoms with Crippen LogP contribution in [-0.4, -0.2) is 12.6 Å². The molecule has 2 saturated carbocycles. The van der Waals surface area contributed by atoms with E-state index in [0.717, 1.165) is 23.8 Å². The summed E-state index contributed by atoms with van der Waals surface area (Å²) in [7, 11) is 0. The lowest BCUT2D eigenvalue weighted by atomic mass is 10.0. The van der Waals surface area contributed by atoms with Crippen LogP contribution in [0.15, 0.2) is 0 Å². The lowest BCUT2D eigenvalue weighted by Gasteiger charge is -2.15. The van der Waals surface area contributed by atoms with Crippen LogP contribution < -0.4 is 5.32 Å². The first-order chi connectivity index (χ1) is 6.97. The molecule has 1 heteroatoms. The summed E-state index contributed by atoms with van der Waals surface area (Å²) in [4.78, 5) is 0. The molecular formula is C13H23N. The SMILES string of the molecule is C1CCNC(C2C3CCCCC32)CC1. The Hall–Kier alpha value is -0.0400. The van der Waals surface area contributed by atoms with Crippen molar-refractivity contribution in [2.75, 3.05) is 6.54 Å². The fourth-order valence-corrected chi connectivity index (χ4v) is 4.03. The molecule has 0 amide bonds. The van der Waals surface area contributed by atoms with Gasteiger partial charge in [0.2, 0.25) is 0 Å². The van der Waals surface area contributed by atoms with Crippen molar-refractivity contribution in [3.05, 3.63) is 0 Å². The molecule has 0 radical (unpaired) electrons. The molecule has 0 aromatic heterocycles. The number of hydrogen-bond acceptors (Lipinski definition) is 1. The Morgan fingerprint density at radius 1 is 0.714 bits per heavy atom. The largest absolute Gasteiger partial charge is 0.314 e. The molecule has 0 spiro atoms. The Morgan fingerprint density at radius 2 is 1.43 bits per heavy atom. The minimum Gasteiger partial charge on any atom is -0.314 e. The first kappa shape index (κ1) is 9.21. The first-order valence-electron chi connectivity index (χ1n) is 6.70. The van der Waals surface area contributed by atoms with Crippen molar-refractivity contribution >= 4 is 0 Å². The lowest BCUT2D eigenvalue weighted by molar-refractivity contribution is 0.426. The molecule has 1 N–H and O–H groups in total. The van der Waals surface area contributed by atoms with Crippen LogP contribution in [0.25, 0.3) is 0 Å². The van der Waals surface area contributed by atoms with Crippen LogP contribution in [-0.2, 0) is 0 Å². The van der Waals surface area contributed by atoms with Gasteiger partial charge in [-0.1, -0.05) is 25.7 Å². The van der Waals surface area contributed by atoms with E-state index in [1.54, 1.807) is 12.8 Å². The Kier molecular flexibility index (Phi) is 2.53. The van der Waals surface area contributed by atoms with E-state index in [4.69, 9.17) is 0 Å². The zero-order valence-corrected chi connectivity index (χ0v) is 9.17. The number of hydrogen-bond donors (Lipinski definition) is 1. The van der Waals surface area contributed by atoms with Crippen molar-refractivity contribution in [2.45, 2.75) is 57.4 Å². The molecule has 1 nitrogen and oxygen atoms in total. The Morgan fingerprint density at radius 3 is 2.21 bits per heavy atom. The lowest BCUT2D eigenvalue weighted by Crippen LogP contribution is -2.31. The summed E-state index contributed by atoms with van der Waals surface area (Å²) >= 11 is 0. The van der Waals surface area contributed by atoms with Crippen LogP contribution in [0.1, 0.15) is 51.4 Å². The predicted octanol–water partition coefficient (Wildman–Crippen LogP) is 2.95. The summed E-state index contributed by atoms with van der Waals surface area (Å²) in [5.74, 6) is 3.37. The summed E-state index contributed by atoms with van der Waals surface area (Å²) in [6, 6.07) is 0.908. The van der Waals surface area contributed by atoms with Gasteiger partial charge >= 0.3 is 0 Å². The van der Waals surface area contributed by atoms with Gasteiger partial charge in [0.05, 0.1) is 0 Å². The van der Waals surface area contributed by atoms with E-state index in [1.165, 1.54) is 45.1 Å². The highest BCUT2D eigenvalue weighted by Gasteiger charge is 2.53. The van der Waals surface area contributed by atoms with Gasteiger partial charge in [-0.15, -0.1) is 0 Å². The maximum atomic E-state index is 3.80.